The van der Waals surface area contributed by atoms with E-state index < -0.39 is 0 Å². The summed E-state index contributed by atoms with van der Waals surface area (Å²) in [5.41, 5.74) is 2.43. The van der Waals surface area contributed by atoms with E-state index in [2.05, 4.69) is 22.6 Å². The van der Waals surface area contributed by atoms with Gasteiger partial charge in [-0.2, -0.15) is 0 Å². The summed E-state index contributed by atoms with van der Waals surface area (Å²) in [5, 5.41) is 11.5. The van der Waals surface area contributed by atoms with Gasteiger partial charge < -0.3 is 10.2 Å². The second-order valence-corrected chi connectivity index (χ2v) is 5.90. The normalized spacial score (nSPS) is 15.4. The van der Waals surface area contributed by atoms with E-state index in [1.807, 2.05) is 30.1 Å². The molecule has 0 bridgehead atoms. The zero-order chi connectivity index (χ0) is 15.5. The number of hydrogen-bond acceptors (Lipinski definition) is 4. The number of piperidine rings is 1. The number of aromatic nitrogens is 3. The Kier molecular flexibility index (Phi) is 5.96. The van der Waals surface area contributed by atoms with Gasteiger partial charge in [0.15, 0.2) is 0 Å². The molecule has 7 heteroatoms. The summed E-state index contributed by atoms with van der Waals surface area (Å²) in [4.78, 5) is 15.0. The fraction of sp³-hybridized carbons (Fsp3) is 0.562. The Morgan fingerprint density at radius 1 is 1.39 bits per heavy atom. The van der Waals surface area contributed by atoms with Crippen LogP contribution >= 0.6 is 12.4 Å². The average Bonchev–Trinajstić information content (AvgIpc) is 2.93. The molecule has 1 N–H and O–H groups in total. The lowest BCUT2D eigenvalue weighted by molar-refractivity contribution is 0.0643. The molecular formula is C16H24ClN5O. The lowest BCUT2D eigenvalue weighted by Crippen LogP contribution is -2.46. The van der Waals surface area contributed by atoms with E-state index in [4.69, 9.17) is 0 Å². The molecule has 1 fully saturated rings. The Labute approximate surface area is 142 Å². The Bertz CT molecular complexity index is 666. The van der Waals surface area contributed by atoms with Gasteiger partial charge in [-0.15, -0.1) is 17.5 Å². The van der Waals surface area contributed by atoms with Gasteiger partial charge in [0.1, 0.15) is 5.52 Å². The molecular weight excluding hydrogens is 314 g/mol. The first-order valence-corrected chi connectivity index (χ1v) is 8.02. The number of halogens is 1. The third-order valence-electron chi connectivity index (χ3n) is 4.33. The maximum Gasteiger partial charge on any atom is 0.254 e. The second-order valence-electron chi connectivity index (χ2n) is 5.90. The quantitative estimate of drug-likeness (QED) is 0.926. The summed E-state index contributed by atoms with van der Waals surface area (Å²) in [5.74, 6) is 0.112. The third-order valence-corrected chi connectivity index (χ3v) is 4.33. The van der Waals surface area contributed by atoms with Crippen LogP contribution < -0.4 is 5.32 Å². The lowest BCUT2D eigenvalue weighted by atomic mass is 10.0. The Morgan fingerprint density at radius 2 is 2.13 bits per heavy atom. The number of rotatable bonds is 4. The van der Waals surface area contributed by atoms with Crippen molar-refractivity contribution in [2.24, 2.45) is 7.05 Å². The van der Waals surface area contributed by atoms with Gasteiger partial charge in [0.25, 0.3) is 5.91 Å². The number of aryl methyl sites for hydroxylation is 1. The fourth-order valence-electron chi connectivity index (χ4n) is 3.15. The molecule has 2 aromatic rings. The highest BCUT2D eigenvalue weighted by atomic mass is 35.5. The molecule has 2 heterocycles. The van der Waals surface area contributed by atoms with Gasteiger partial charge in [0.05, 0.1) is 5.52 Å². The highest BCUT2D eigenvalue weighted by molar-refractivity contribution is 5.97. The van der Waals surface area contributed by atoms with Crippen LogP contribution in [0.25, 0.3) is 11.0 Å². The number of carbonyl (C=O) groups is 1. The summed E-state index contributed by atoms with van der Waals surface area (Å²) < 4.78 is 1.72. The van der Waals surface area contributed by atoms with Crippen molar-refractivity contribution in [2.45, 2.75) is 32.2 Å². The van der Waals surface area contributed by atoms with E-state index in [0.717, 1.165) is 49.9 Å². The van der Waals surface area contributed by atoms with Crippen molar-refractivity contribution in [3.63, 3.8) is 0 Å². The van der Waals surface area contributed by atoms with E-state index in [1.165, 1.54) is 0 Å². The number of carbonyl (C=O) groups excluding carboxylic acids is 1. The average molecular weight is 338 g/mol. The van der Waals surface area contributed by atoms with Crippen LogP contribution in [0.4, 0.5) is 0 Å². The fourth-order valence-corrected chi connectivity index (χ4v) is 3.15. The first kappa shape index (κ1) is 17.7. The molecule has 3 rings (SSSR count). The molecule has 0 radical (unpaired) electrons. The van der Waals surface area contributed by atoms with E-state index in [1.54, 1.807) is 4.68 Å². The first-order chi connectivity index (χ1) is 10.7. The van der Waals surface area contributed by atoms with E-state index >= 15 is 0 Å². The Morgan fingerprint density at radius 3 is 2.83 bits per heavy atom. The van der Waals surface area contributed by atoms with Crippen LogP contribution in [0.15, 0.2) is 18.2 Å². The molecule has 1 aromatic carbocycles. The summed E-state index contributed by atoms with van der Waals surface area (Å²) in [6.07, 6.45) is 3.03. The zero-order valence-corrected chi connectivity index (χ0v) is 14.5. The van der Waals surface area contributed by atoms with E-state index in [-0.39, 0.29) is 18.3 Å². The maximum absolute atomic E-state index is 12.9. The number of nitrogens with one attached hydrogen (secondary N) is 1. The predicted molar refractivity (Wildman–Crippen MR) is 93.0 cm³/mol. The van der Waals surface area contributed by atoms with Gasteiger partial charge in [-0.3, -0.25) is 4.79 Å². The molecule has 126 valence electrons. The van der Waals surface area contributed by atoms with Gasteiger partial charge >= 0.3 is 0 Å². The first-order valence-electron chi connectivity index (χ1n) is 8.02. The molecule has 1 aromatic heterocycles. The minimum atomic E-state index is 0. The van der Waals surface area contributed by atoms with Gasteiger partial charge in [-0.25, -0.2) is 4.68 Å². The molecule has 1 saturated heterocycles. The highest BCUT2D eigenvalue weighted by Gasteiger charge is 2.25. The Hall–Kier alpha value is -1.66. The smallest absolute Gasteiger partial charge is 0.254 e. The standard InChI is InChI=1S/C16H23N5O.ClH/c1-3-10-21(13-6-8-17-9-7-13)16(22)12-4-5-15-14(11-12)18-19-20(15)2;/h4-5,11,13,17H,3,6-10H2,1-2H3;1H. The highest BCUT2D eigenvalue weighted by Crippen LogP contribution is 2.19. The van der Waals surface area contributed by atoms with Gasteiger partial charge in [0.2, 0.25) is 0 Å². The van der Waals surface area contributed by atoms with Gasteiger partial charge in [0, 0.05) is 25.2 Å². The largest absolute Gasteiger partial charge is 0.336 e. The predicted octanol–water partition coefficient (Wildman–Crippen LogP) is 1.99. The summed E-state index contributed by atoms with van der Waals surface area (Å²) in [7, 11) is 1.86. The monoisotopic (exact) mass is 337 g/mol. The van der Waals surface area contributed by atoms with Crippen molar-refractivity contribution in [2.75, 3.05) is 19.6 Å². The number of amides is 1. The topological polar surface area (TPSA) is 63.1 Å². The van der Waals surface area contributed by atoms with Crippen LogP contribution in [-0.2, 0) is 7.05 Å². The summed E-state index contributed by atoms with van der Waals surface area (Å²) >= 11 is 0. The lowest BCUT2D eigenvalue weighted by Gasteiger charge is -2.34. The number of nitrogens with zero attached hydrogens (tertiary/aromatic N) is 4. The van der Waals surface area contributed by atoms with Crippen LogP contribution in [0.2, 0.25) is 0 Å². The number of fused-ring (bicyclic) bond motifs is 1. The summed E-state index contributed by atoms with van der Waals surface area (Å²) in [6.45, 7) is 4.90. The van der Waals surface area contributed by atoms with Crippen molar-refractivity contribution >= 4 is 29.3 Å². The molecule has 1 aliphatic rings. The van der Waals surface area contributed by atoms with Crippen LogP contribution in [0.3, 0.4) is 0 Å². The van der Waals surface area contributed by atoms with Crippen molar-refractivity contribution in [3.05, 3.63) is 23.8 Å². The minimum Gasteiger partial charge on any atom is -0.336 e. The molecule has 0 spiro atoms. The molecule has 0 atom stereocenters. The SMILES string of the molecule is CCCN(C(=O)c1ccc2c(c1)nnn2C)C1CCNCC1.Cl. The molecule has 1 amide bonds. The van der Waals surface area contributed by atoms with Crippen molar-refractivity contribution < 1.29 is 4.79 Å². The van der Waals surface area contributed by atoms with Crippen molar-refractivity contribution in [1.82, 2.24) is 25.2 Å². The van der Waals surface area contributed by atoms with Crippen molar-refractivity contribution in [3.8, 4) is 0 Å². The minimum absolute atomic E-state index is 0. The molecule has 0 aliphatic carbocycles. The van der Waals surface area contributed by atoms with Crippen LogP contribution in [0.5, 0.6) is 0 Å². The zero-order valence-electron chi connectivity index (χ0n) is 13.7. The molecule has 0 saturated carbocycles. The Balaban J connectivity index is 0.00000192. The molecule has 23 heavy (non-hydrogen) atoms. The van der Waals surface area contributed by atoms with Gasteiger partial charge in [-0.05, 0) is 50.6 Å². The van der Waals surface area contributed by atoms with E-state index in [0.29, 0.717) is 11.6 Å². The number of benzene rings is 1. The molecule has 1 aliphatic heterocycles. The van der Waals surface area contributed by atoms with Crippen LogP contribution in [0, 0.1) is 0 Å². The maximum atomic E-state index is 12.9. The van der Waals surface area contributed by atoms with Crippen LogP contribution in [-0.4, -0.2) is 51.5 Å². The van der Waals surface area contributed by atoms with E-state index in [9.17, 15) is 4.79 Å². The van der Waals surface area contributed by atoms with Crippen LogP contribution in [0.1, 0.15) is 36.5 Å². The second kappa shape index (κ2) is 7.75. The number of hydrogen-bond donors (Lipinski definition) is 1. The molecule has 0 unspecified atom stereocenters. The third kappa shape index (κ3) is 3.64. The van der Waals surface area contributed by atoms with Gasteiger partial charge in [-0.1, -0.05) is 12.1 Å². The van der Waals surface area contributed by atoms with Crippen molar-refractivity contribution in [1.29, 1.82) is 0 Å². The summed E-state index contributed by atoms with van der Waals surface area (Å²) in [6, 6.07) is 6.01. The molecule has 6 nitrogen and oxygen atoms in total.